The highest BCUT2D eigenvalue weighted by Gasteiger charge is 2.22. The first-order chi connectivity index (χ1) is 5.68. The molecule has 0 radical (unpaired) electrons. The van der Waals surface area contributed by atoms with Crippen molar-refractivity contribution < 1.29 is 5.11 Å². The van der Waals surface area contributed by atoms with Crippen molar-refractivity contribution in [3.8, 4) is 0 Å². The fourth-order valence-corrected chi connectivity index (χ4v) is 1.71. The van der Waals surface area contributed by atoms with Crippen molar-refractivity contribution >= 4 is 5.82 Å². The van der Waals surface area contributed by atoms with Crippen molar-refractivity contribution in [2.45, 2.75) is 25.4 Å². The molecule has 0 bridgehead atoms. The van der Waals surface area contributed by atoms with E-state index in [0.29, 0.717) is 6.42 Å². The van der Waals surface area contributed by atoms with Gasteiger partial charge in [0.25, 0.3) is 0 Å². The van der Waals surface area contributed by atoms with Crippen LogP contribution < -0.4 is 5.73 Å². The molecule has 1 unspecified atom stereocenters. The number of aliphatic hydroxyl groups excluding tert-OH is 1. The minimum Gasteiger partial charge on any atom is -0.393 e. The molecule has 0 fully saturated rings. The van der Waals surface area contributed by atoms with Crippen molar-refractivity contribution in [3.05, 3.63) is 11.3 Å². The van der Waals surface area contributed by atoms with Crippen molar-refractivity contribution in [1.82, 2.24) is 9.78 Å². The van der Waals surface area contributed by atoms with Crippen LogP contribution in [0.3, 0.4) is 0 Å². The van der Waals surface area contributed by atoms with E-state index in [-0.39, 0.29) is 6.10 Å². The summed E-state index contributed by atoms with van der Waals surface area (Å²) in [6.45, 7) is 0. The summed E-state index contributed by atoms with van der Waals surface area (Å²) in [7, 11) is 1.83. The Kier molecular flexibility index (Phi) is 1.58. The standard InChI is InChI=1S/C8H13N3O/c1-11-8(9)6-3-2-5(12)4-7(6)10-11/h5,12H,2-4,9H2,1H3. The molecule has 1 aromatic rings. The van der Waals surface area contributed by atoms with E-state index in [0.717, 1.165) is 29.9 Å². The molecule has 12 heavy (non-hydrogen) atoms. The van der Waals surface area contributed by atoms with E-state index in [4.69, 9.17) is 5.73 Å². The first-order valence-electron chi connectivity index (χ1n) is 4.16. The Morgan fingerprint density at radius 3 is 3.17 bits per heavy atom. The molecular weight excluding hydrogens is 154 g/mol. The van der Waals surface area contributed by atoms with Crippen LogP contribution >= 0.6 is 0 Å². The molecule has 0 aliphatic heterocycles. The number of hydrogen-bond acceptors (Lipinski definition) is 3. The molecule has 0 spiro atoms. The fourth-order valence-electron chi connectivity index (χ4n) is 1.71. The van der Waals surface area contributed by atoms with Gasteiger partial charge in [0.2, 0.25) is 0 Å². The molecule has 1 heterocycles. The monoisotopic (exact) mass is 167 g/mol. The molecule has 0 aromatic carbocycles. The number of rotatable bonds is 0. The van der Waals surface area contributed by atoms with Gasteiger partial charge in [0.05, 0.1) is 11.8 Å². The van der Waals surface area contributed by atoms with Crippen LogP contribution in [0.2, 0.25) is 0 Å². The number of anilines is 1. The quantitative estimate of drug-likeness (QED) is 0.565. The molecule has 4 heteroatoms. The number of nitrogen functional groups attached to an aromatic ring is 1. The molecule has 66 valence electrons. The Morgan fingerprint density at radius 1 is 1.67 bits per heavy atom. The number of fused-ring (bicyclic) bond motifs is 1. The number of nitrogens with zero attached hydrogens (tertiary/aromatic N) is 2. The molecule has 0 amide bonds. The predicted octanol–water partition coefficient (Wildman–Crippen LogP) is -0.148. The van der Waals surface area contributed by atoms with Crippen LogP contribution in [0.4, 0.5) is 5.82 Å². The van der Waals surface area contributed by atoms with E-state index in [9.17, 15) is 5.11 Å². The second kappa shape index (κ2) is 2.48. The maximum Gasteiger partial charge on any atom is 0.124 e. The summed E-state index contributed by atoms with van der Waals surface area (Å²) < 4.78 is 1.68. The maximum absolute atomic E-state index is 9.37. The van der Waals surface area contributed by atoms with Gasteiger partial charge in [0, 0.05) is 19.0 Å². The van der Waals surface area contributed by atoms with Gasteiger partial charge >= 0.3 is 0 Å². The highest BCUT2D eigenvalue weighted by molar-refractivity contribution is 5.44. The van der Waals surface area contributed by atoms with Gasteiger partial charge in [-0.2, -0.15) is 5.10 Å². The van der Waals surface area contributed by atoms with Crippen LogP contribution in [0.25, 0.3) is 0 Å². The molecule has 0 saturated heterocycles. The fraction of sp³-hybridized carbons (Fsp3) is 0.625. The molecule has 0 saturated carbocycles. The first kappa shape index (κ1) is 7.61. The normalized spacial score (nSPS) is 22.3. The Morgan fingerprint density at radius 2 is 2.42 bits per heavy atom. The van der Waals surface area contributed by atoms with Crippen LogP contribution in [0.1, 0.15) is 17.7 Å². The summed E-state index contributed by atoms with van der Waals surface area (Å²) in [5.41, 5.74) is 7.88. The van der Waals surface area contributed by atoms with Gasteiger partial charge in [-0.1, -0.05) is 0 Å². The van der Waals surface area contributed by atoms with Gasteiger partial charge in [-0.15, -0.1) is 0 Å². The number of aromatic nitrogens is 2. The van der Waals surface area contributed by atoms with E-state index in [1.807, 2.05) is 7.05 Å². The summed E-state index contributed by atoms with van der Waals surface area (Å²) in [5.74, 6) is 0.747. The molecular formula is C8H13N3O. The third kappa shape index (κ3) is 0.992. The molecule has 1 aliphatic carbocycles. The summed E-state index contributed by atoms with van der Waals surface area (Å²) in [6.07, 6.45) is 2.09. The zero-order valence-corrected chi connectivity index (χ0v) is 7.12. The largest absolute Gasteiger partial charge is 0.393 e. The average Bonchev–Trinajstić information content (AvgIpc) is 2.28. The highest BCUT2D eigenvalue weighted by atomic mass is 16.3. The van der Waals surface area contributed by atoms with Crippen molar-refractivity contribution in [2.75, 3.05) is 5.73 Å². The van der Waals surface area contributed by atoms with Crippen LogP contribution in [0.15, 0.2) is 0 Å². The molecule has 3 N–H and O–H groups in total. The van der Waals surface area contributed by atoms with E-state index in [1.165, 1.54) is 0 Å². The van der Waals surface area contributed by atoms with Gasteiger partial charge in [-0.25, -0.2) is 0 Å². The Balaban J connectivity index is 2.43. The van der Waals surface area contributed by atoms with Crippen molar-refractivity contribution in [3.63, 3.8) is 0 Å². The van der Waals surface area contributed by atoms with Crippen molar-refractivity contribution in [1.29, 1.82) is 0 Å². The highest BCUT2D eigenvalue weighted by Crippen LogP contribution is 2.24. The Hall–Kier alpha value is -1.03. The van der Waals surface area contributed by atoms with E-state index >= 15 is 0 Å². The van der Waals surface area contributed by atoms with E-state index < -0.39 is 0 Å². The van der Waals surface area contributed by atoms with Crippen LogP contribution in [-0.2, 0) is 19.9 Å². The Labute approximate surface area is 71.0 Å². The molecule has 4 nitrogen and oxygen atoms in total. The Bertz CT molecular complexity index is 305. The zero-order valence-electron chi connectivity index (χ0n) is 7.12. The lowest BCUT2D eigenvalue weighted by Crippen LogP contribution is -2.18. The number of nitrogens with two attached hydrogens (primary N) is 1. The molecule has 1 aromatic heterocycles. The average molecular weight is 167 g/mol. The lowest BCUT2D eigenvalue weighted by Gasteiger charge is -2.15. The smallest absolute Gasteiger partial charge is 0.124 e. The topological polar surface area (TPSA) is 64.1 Å². The van der Waals surface area contributed by atoms with Gasteiger partial charge in [0.1, 0.15) is 5.82 Å². The summed E-state index contributed by atoms with van der Waals surface area (Å²) in [6, 6.07) is 0. The second-order valence-corrected chi connectivity index (χ2v) is 3.33. The molecule has 2 rings (SSSR count). The lowest BCUT2D eigenvalue weighted by molar-refractivity contribution is 0.157. The van der Waals surface area contributed by atoms with Gasteiger partial charge in [0.15, 0.2) is 0 Å². The number of hydrogen-bond donors (Lipinski definition) is 2. The van der Waals surface area contributed by atoms with Crippen LogP contribution in [-0.4, -0.2) is 21.0 Å². The van der Waals surface area contributed by atoms with Crippen LogP contribution in [0, 0.1) is 0 Å². The SMILES string of the molecule is Cn1nc2c(c1N)CCC(O)C2. The van der Waals surface area contributed by atoms with Gasteiger partial charge in [-0.05, 0) is 12.8 Å². The lowest BCUT2D eigenvalue weighted by atomic mass is 9.95. The minimum absolute atomic E-state index is 0.230. The summed E-state index contributed by atoms with van der Waals surface area (Å²) in [4.78, 5) is 0. The number of aryl methyl sites for hydroxylation is 1. The zero-order chi connectivity index (χ0) is 8.72. The minimum atomic E-state index is -0.230. The third-order valence-corrected chi connectivity index (χ3v) is 2.43. The number of aliphatic hydroxyl groups is 1. The molecule has 1 aliphatic rings. The van der Waals surface area contributed by atoms with Crippen LogP contribution in [0.5, 0.6) is 0 Å². The van der Waals surface area contributed by atoms with Gasteiger partial charge < -0.3 is 10.8 Å². The van der Waals surface area contributed by atoms with E-state index in [1.54, 1.807) is 4.68 Å². The summed E-state index contributed by atoms with van der Waals surface area (Å²) >= 11 is 0. The van der Waals surface area contributed by atoms with E-state index in [2.05, 4.69) is 5.10 Å². The van der Waals surface area contributed by atoms with Crippen molar-refractivity contribution in [2.24, 2.45) is 7.05 Å². The second-order valence-electron chi connectivity index (χ2n) is 3.33. The molecule has 1 atom stereocenters. The maximum atomic E-state index is 9.37. The third-order valence-electron chi connectivity index (χ3n) is 2.43. The first-order valence-corrected chi connectivity index (χ1v) is 4.16. The predicted molar refractivity (Wildman–Crippen MR) is 45.7 cm³/mol. The van der Waals surface area contributed by atoms with Gasteiger partial charge in [-0.3, -0.25) is 4.68 Å². The summed E-state index contributed by atoms with van der Waals surface area (Å²) in [5, 5.41) is 13.6.